The Morgan fingerprint density at radius 2 is 1.82 bits per heavy atom. The molecule has 3 nitrogen and oxygen atoms in total. The first-order chi connectivity index (χ1) is 8.33. The second-order valence-electron chi connectivity index (χ2n) is 4.08. The molecule has 0 fully saturated rings. The summed E-state index contributed by atoms with van der Waals surface area (Å²) in [5.41, 5.74) is 3.29. The Labute approximate surface area is 99.7 Å². The Balaban J connectivity index is 1.86. The minimum Gasteiger partial charge on any atom is -0.508 e. The van der Waals surface area contributed by atoms with Crippen LogP contribution in [0.4, 0.5) is 5.69 Å². The molecule has 1 unspecified atom stereocenters. The molecule has 1 aliphatic heterocycles. The van der Waals surface area contributed by atoms with Crippen molar-refractivity contribution in [1.82, 2.24) is 0 Å². The van der Waals surface area contributed by atoms with Gasteiger partial charge < -0.3 is 15.2 Å². The van der Waals surface area contributed by atoms with Gasteiger partial charge in [-0.3, -0.25) is 0 Å². The van der Waals surface area contributed by atoms with Crippen molar-refractivity contribution >= 4 is 5.69 Å². The van der Waals surface area contributed by atoms with Crippen LogP contribution in [-0.4, -0.2) is 5.11 Å². The van der Waals surface area contributed by atoms with Gasteiger partial charge in [-0.1, -0.05) is 30.3 Å². The predicted molar refractivity (Wildman–Crippen MR) is 65.7 cm³/mol. The topological polar surface area (TPSA) is 41.5 Å². The van der Waals surface area contributed by atoms with Crippen LogP contribution in [-0.2, 0) is 11.3 Å². The van der Waals surface area contributed by atoms with Gasteiger partial charge in [-0.15, -0.1) is 0 Å². The molecule has 0 aromatic heterocycles. The lowest BCUT2D eigenvalue weighted by molar-refractivity contribution is 0.0507. The lowest BCUT2D eigenvalue weighted by Crippen LogP contribution is -2.20. The third-order valence-electron chi connectivity index (χ3n) is 2.91. The highest BCUT2D eigenvalue weighted by Gasteiger charge is 2.18. The minimum atomic E-state index is -0.148. The summed E-state index contributed by atoms with van der Waals surface area (Å²) in [5, 5.41) is 12.6. The summed E-state index contributed by atoms with van der Waals surface area (Å²) < 4.78 is 5.74. The normalized spacial score (nSPS) is 18.2. The van der Waals surface area contributed by atoms with Crippen molar-refractivity contribution in [3.8, 4) is 5.75 Å². The maximum absolute atomic E-state index is 9.25. The summed E-state index contributed by atoms with van der Waals surface area (Å²) in [6.45, 7) is 0.606. The molecule has 17 heavy (non-hydrogen) atoms. The molecule has 0 radical (unpaired) electrons. The predicted octanol–water partition coefficient (Wildman–Crippen LogP) is 3.03. The zero-order valence-electron chi connectivity index (χ0n) is 9.26. The van der Waals surface area contributed by atoms with Gasteiger partial charge in [0, 0.05) is 16.8 Å². The lowest BCUT2D eigenvalue weighted by Gasteiger charge is -2.27. The molecular formula is C14H13NO2. The standard InChI is InChI=1S/C14H13NO2/c16-12-7-5-10(6-8-12)14-15-13-4-2-1-3-11(13)9-17-14/h1-8,14-16H,9H2. The molecule has 0 aliphatic carbocycles. The third-order valence-corrected chi connectivity index (χ3v) is 2.91. The summed E-state index contributed by atoms with van der Waals surface area (Å²) in [6.07, 6.45) is -0.148. The average Bonchev–Trinajstić information content (AvgIpc) is 2.39. The van der Waals surface area contributed by atoms with Crippen LogP contribution in [0, 0.1) is 0 Å². The molecule has 2 N–H and O–H groups in total. The molecule has 1 aliphatic rings. The van der Waals surface area contributed by atoms with Gasteiger partial charge in [-0.05, 0) is 18.2 Å². The number of para-hydroxylation sites is 1. The summed E-state index contributed by atoms with van der Waals surface area (Å²) in [7, 11) is 0. The largest absolute Gasteiger partial charge is 0.508 e. The van der Waals surface area contributed by atoms with E-state index in [2.05, 4.69) is 11.4 Å². The van der Waals surface area contributed by atoms with Crippen LogP contribution in [0.25, 0.3) is 0 Å². The monoisotopic (exact) mass is 227 g/mol. The Kier molecular flexibility index (Phi) is 2.46. The van der Waals surface area contributed by atoms with E-state index in [1.165, 1.54) is 5.56 Å². The first-order valence-corrected chi connectivity index (χ1v) is 5.58. The molecule has 0 amide bonds. The Morgan fingerprint density at radius 3 is 2.65 bits per heavy atom. The van der Waals surface area contributed by atoms with Crippen molar-refractivity contribution in [2.24, 2.45) is 0 Å². The number of hydrogen-bond acceptors (Lipinski definition) is 3. The Hall–Kier alpha value is -2.00. The van der Waals surface area contributed by atoms with Crippen molar-refractivity contribution in [3.63, 3.8) is 0 Å². The van der Waals surface area contributed by atoms with E-state index in [9.17, 15) is 5.11 Å². The summed E-state index contributed by atoms with van der Waals surface area (Å²) in [5.74, 6) is 0.268. The van der Waals surface area contributed by atoms with Crippen LogP contribution in [0.2, 0.25) is 0 Å². The van der Waals surface area contributed by atoms with E-state index in [1.807, 2.05) is 30.3 Å². The van der Waals surface area contributed by atoms with Crippen LogP contribution in [0.5, 0.6) is 5.75 Å². The fourth-order valence-electron chi connectivity index (χ4n) is 1.97. The highest BCUT2D eigenvalue weighted by Crippen LogP contribution is 2.30. The van der Waals surface area contributed by atoms with Gasteiger partial charge in [-0.2, -0.15) is 0 Å². The fraction of sp³-hybridized carbons (Fsp3) is 0.143. The first kappa shape index (κ1) is 10.2. The van der Waals surface area contributed by atoms with Gasteiger partial charge in [-0.25, -0.2) is 0 Å². The Morgan fingerprint density at radius 1 is 1.06 bits per heavy atom. The smallest absolute Gasteiger partial charge is 0.154 e. The van der Waals surface area contributed by atoms with Crippen molar-refractivity contribution in [3.05, 3.63) is 59.7 Å². The Bertz CT molecular complexity index is 522. The van der Waals surface area contributed by atoms with Gasteiger partial charge in [0.05, 0.1) is 6.61 Å². The number of benzene rings is 2. The molecule has 0 saturated heterocycles. The average molecular weight is 227 g/mol. The third kappa shape index (κ3) is 1.97. The lowest BCUT2D eigenvalue weighted by atomic mass is 10.1. The quantitative estimate of drug-likeness (QED) is 0.786. The second-order valence-corrected chi connectivity index (χ2v) is 4.08. The summed E-state index contributed by atoms with van der Waals surface area (Å²) in [4.78, 5) is 0. The highest BCUT2D eigenvalue weighted by atomic mass is 16.5. The van der Waals surface area contributed by atoms with Gasteiger partial charge in [0.15, 0.2) is 6.23 Å². The number of nitrogens with one attached hydrogen (secondary N) is 1. The van der Waals surface area contributed by atoms with Crippen LogP contribution < -0.4 is 5.32 Å². The molecule has 0 bridgehead atoms. The number of aromatic hydroxyl groups is 1. The van der Waals surface area contributed by atoms with Crippen LogP contribution in [0.3, 0.4) is 0 Å². The molecule has 3 rings (SSSR count). The van der Waals surface area contributed by atoms with E-state index in [0.717, 1.165) is 11.3 Å². The molecule has 0 saturated carbocycles. The molecule has 3 heteroatoms. The number of rotatable bonds is 1. The van der Waals surface area contributed by atoms with Crippen LogP contribution in [0.15, 0.2) is 48.5 Å². The van der Waals surface area contributed by atoms with E-state index in [1.54, 1.807) is 12.1 Å². The maximum Gasteiger partial charge on any atom is 0.154 e. The number of ether oxygens (including phenoxy) is 1. The number of anilines is 1. The molecule has 1 atom stereocenters. The zero-order chi connectivity index (χ0) is 11.7. The van der Waals surface area contributed by atoms with Gasteiger partial charge in [0.25, 0.3) is 0 Å². The van der Waals surface area contributed by atoms with Gasteiger partial charge >= 0.3 is 0 Å². The number of hydrogen-bond donors (Lipinski definition) is 2. The molecule has 2 aromatic carbocycles. The van der Waals surface area contributed by atoms with Gasteiger partial charge in [0.2, 0.25) is 0 Å². The molecular weight excluding hydrogens is 214 g/mol. The fourth-order valence-corrected chi connectivity index (χ4v) is 1.97. The molecule has 2 aromatic rings. The first-order valence-electron chi connectivity index (χ1n) is 5.58. The van der Waals surface area contributed by atoms with Crippen molar-refractivity contribution in [2.45, 2.75) is 12.8 Å². The summed E-state index contributed by atoms with van der Waals surface area (Å²) in [6, 6.07) is 15.2. The van der Waals surface area contributed by atoms with Crippen molar-refractivity contribution in [2.75, 3.05) is 5.32 Å². The number of fused-ring (bicyclic) bond motifs is 1. The molecule has 1 heterocycles. The highest BCUT2D eigenvalue weighted by molar-refractivity contribution is 5.53. The minimum absolute atomic E-state index is 0.148. The van der Waals surface area contributed by atoms with E-state index in [0.29, 0.717) is 6.61 Å². The van der Waals surface area contributed by atoms with Crippen LogP contribution in [0.1, 0.15) is 17.4 Å². The van der Waals surface area contributed by atoms with Crippen LogP contribution >= 0.6 is 0 Å². The van der Waals surface area contributed by atoms with Crippen molar-refractivity contribution < 1.29 is 9.84 Å². The number of phenols is 1. The van der Waals surface area contributed by atoms with E-state index >= 15 is 0 Å². The molecule has 0 spiro atoms. The molecule has 86 valence electrons. The summed E-state index contributed by atoms with van der Waals surface area (Å²) >= 11 is 0. The second kappa shape index (κ2) is 4.11. The van der Waals surface area contributed by atoms with E-state index in [-0.39, 0.29) is 12.0 Å². The van der Waals surface area contributed by atoms with Gasteiger partial charge in [0.1, 0.15) is 5.75 Å². The van der Waals surface area contributed by atoms with E-state index in [4.69, 9.17) is 4.74 Å². The zero-order valence-corrected chi connectivity index (χ0v) is 9.26. The number of phenolic OH excluding ortho intramolecular Hbond substituents is 1. The maximum atomic E-state index is 9.25. The SMILES string of the molecule is Oc1ccc(C2Nc3ccccc3CO2)cc1. The van der Waals surface area contributed by atoms with Crippen molar-refractivity contribution in [1.29, 1.82) is 0 Å². The van der Waals surface area contributed by atoms with E-state index < -0.39 is 0 Å².